The fourth-order valence-corrected chi connectivity index (χ4v) is 2.24. The topological polar surface area (TPSA) is 59.0 Å². The molecule has 2 heterocycles. The lowest BCUT2D eigenvalue weighted by molar-refractivity contribution is -0.125. The summed E-state index contributed by atoms with van der Waals surface area (Å²) in [6.45, 7) is 0.585. The number of halogens is 2. The first-order valence-corrected chi connectivity index (χ1v) is 5.83. The lowest BCUT2D eigenvalue weighted by Crippen LogP contribution is -2.36. The van der Waals surface area contributed by atoms with Crippen LogP contribution in [-0.2, 0) is 11.8 Å². The highest BCUT2D eigenvalue weighted by molar-refractivity contribution is 5.80. The van der Waals surface area contributed by atoms with E-state index in [-0.39, 0.29) is 17.7 Å². The molecule has 0 saturated carbocycles. The van der Waals surface area contributed by atoms with Crippen LogP contribution >= 0.6 is 0 Å². The second-order valence-corrected chi connectivity index (χ2v) is 4.45. The maximum absolute atomic E-state index is 12.1. The smallest absolute Gasteiger partial charge is 0.255 e. The Labute approximate surface area is 104 Å². The van der Waals surface area contributed by atoms with E-state index in [0.29, 0.717) is 13.1 Å². The van der Waals surface area contributed by atoms with Gasteiger partial charge in [0.05, 0.1) is 18.7 Å². The molecule has 0 bridgehead atoms. The molecule has 0 unspecified atom stereocenters. The average Bonchev–Trinajstić information content (AvgIpc) is 2.93. The number of carbonyl (C=O) groups excluding carboxylic acids is 1. The van der Waals surface area contributed by atoms with Gasteiger partial charge in [0.1, 0.15) is 0 Å². The minimum absolute atomic E-state index is 0.00336. The summed E-state index contributed by atoms with van der Waals surface area (Å²) in [6.07, 6.45) is 1.05. The van der Waals surface area contributed by atoms with Gasteiger partial charge in [-0.25, -0.2) is 8.78 Å². The summed E-state index contributed by atoms with van der Waals surface area (Å²) in [4.78, 5) is 11.8. The van der Waals surface area contributed by atoms with Crippen molar-refractivity contribution in [1.29, 1.82) is 0 Å². The molecular formula is C11H16F2N4O. The van der Waals surface area contributed by atoms with Gasteiger partial charge in [-0.15, -0.1) is 0 Å². The first-order valence-electron chi connectivity index (χ1n) is 5.83. The van der Waals surface area contributed by atoms with E-state index in [1.54, 1.807) is 17.9 Å². The molecule has 18 heavy (non-hydrogen) atoms. The zero-order valence-corrected chi connectivity index (χ0v) is 10.1. The Hall–Kier alpha value is -1.50. The molecule has 0 aromatic carbocycles. The monoisotopic (exact) mass is 258 g/mol. The van der Waals surface area contributed by atoms with Crippen LogP contribution < -0.4 is 10.6 Å². The summed E-state index contributed by atoms with van der Waals surface area (Å²) in [5.41, 5.74) is 0.958. The number of aromatic nitrogens is 2. The van der Waals surface area contributed by atoms with Crippen LogP contribution in [0.1, 0.15) is 11.5 Å². The van der Waals surface area contributed by atoms with Crippen molar-refractivity contribution in [2.24, 2.45) is 13.0 Å². The molecule has 1 amide bonds. The Bertz CT molecular complexity index is 421. The third-order valence-corrected chi connectivity index (χ3v) is 3.13. The number of alkyl halides is 2. The number of nitrogens with one attached hydrogen (secondary N) is 2. The second-order valence-electron chi connectivity index (χ2n) is 4.45. The number of nitrogens with zero attached hydrogens (tertiary/aromatic N) is 2. The molecule has 1 saturated heterocycles. The van der Waals surface area contributed by atoms with Crippen molar-refractivity contribution in [2.45, 2.75) is 12.3 Å². The molecule has 1 fully saturated rings. The van der Waals surface area contributed by atoms with Gasteiger partial charge in [0, 0.05) is 32.3 Å². The molecule has 2 N–H and O–H groups in total. The lowest BCUT2D eigenvalue weighted by Gasteiger charge is -2.16. The number of rotatable bonds is 4. The van der Waals surface area contributed by atoms with Gasteiger partial charge < -0.3 is 10.6 Å². The molecule has 7 heteroatoms. The highest BCUT2D eigenvalue weighted by Crippen LogP contribution is 2.27. The summed E-state index contributed by atoms with van der Waals surface area (Å²) in [6, 6.07) is 0. The maximum atomic E-state index is 12.1. The van der Waals surface area contributed by atoms with E-state index >= 15 is 0 Å². The highest BCUT2D eigenvalue weighted by Gasteiger charge is 2.34. The third-order valence-electron chi connectivity index (χ3n) is 3.13. The van der Waals surface area contributed by atoms with Crippen LogP contribution in [-0.4, -0.2) is 41.7 Å². The molecule has 0 spiro atoms. The average molecular weight is 258 g/mol. The summed E-state index contributed by atoms with van der Waals surface area (Å²) in [5.74, 6) is -0.640. The SMILES string of the molecule is Cn1cc([C@H]2CNC[C@@H]2C(=O)NCC(F)F)cn1. The summed E-state index contributed by atoms with van der Waals surface area (Å²) in [7, 11) is 1.80. The van der Waals surface area contributed by atoms with E-state index in [1.807, 2.05) is 6.20 Å². The molecule has 5 nitrogen and oxygen atoms in total. The van der Waals surface area contributed by atoms with Crippen molar-refractivity contribution in [2.75, 3.05) is 19.6 Å². The van der Waals surface area contributed by atoms with E-state index in [9.17, 15) is 13.6 Å². The molecule has 100 valence electrons. The van der Waals surface area contributed by atoms with E-state index < -0.39 is 13.0 Å². The highest BCUT2D eigenvalue weighted by atomic mass is 19.3. The van der Waals surface area contributed by atoms with E-state index in [4.69, 9.17) is 0 Å². The fraction of sp³-hybridized carbons (Fsp3) is 0.636. The summed E-state index contributed by atoms with van der Waals surface area (Å²) >= 11 is 0. The second kappa shape index (κ2) is 5.43. The van der Waals surface area contributed by atoms with Gasteiger partial charge >= 0.3 is 0 Å². The quantitative estimate of drug-likeness (QED) is 0.805. The molecular weight excluding hydrogens is 242 g/mol. The van der Waals surface area contributed by atoms with Gasteiger partial charge in [-0.05, 0) is 5.56 Å². The molecule has 1 aliphatic heterocycles. The molecule has 2 rings (SSSR count). The minimum Gasteiger partial charge on any atom is -0.350 e. The Morgan fingerprint density at radius 3 is 3.06 bits per heavy atom. The fourth-order valence-electron chi connectivity index (χ4n) is 2.24. The molecule has 1 aromatic heterocycles. The van der Waals surface area contributed by atoms with Gasteiger partial charge in [0.15, 0.2) is 0 Å². The summed E-state index contributed by atoms with van der Waals surface area (Å²) in [5, 5.41) is 9.45. The third kappa shape index (κ3) is 2.84. The molecule has 2 atom stereocenters. The number of carbonyl (C=O) groups is 1. The Kier molecular flexibility index (Phi) is 3.90. The van der Waals surface area contributed by atoms with Crippen molar-refractivity contribution in [3.63, 3.8) is 0 Å². The van der Waals surface area contributed by atoms with Crippen LogP contribution in [0.2, 0.25) is 0 Å². The Balaban J connectivity index is 2.01. The van der Waals surface area contributed by atoms with E-state index in [2.05, 4.69) is 15.7 Å². The van der Waals surface area contributed by atoms with Crippen molar-refractivity contribution in [3.05, 3.63) is 18.0 Å². The normalized spacial score (nSPS) is 23.6. The van der Waals surface area contributed by atoms with E-state index in [1.165, 1.54) is 0 Å². The van der Waals surface area contributed by atoms with Crippen molar-refractivity contribution in [3.8, 4) is 0 Å². The predicted octanol–water partition coefficient (Wildman–Crippen LogP) is 0.104. The Morgan fingerprint density at radius 1 is 1.67 bits per heavy atom. The number of aryl methyl sites for hydroxylation is 1. The molecule has 0 aliphatic carbocycles. The van der Waals surface area contributed by atoms with Gasteiger partial charge in [0.25, 0.3) is 6.43 Å². The number of hydrogen-bond donors (Lipinski definition) is 2. The molecule has 1 aromatic rings. The van der Waals surface area contributed by atoms with Gasteiger partial charge in [-0.1, -0.05) is 0 Å². The molecule has 1 aliphatic rings. The summed E-state index contributed by atoms with van der Waals surface area (Å²) < 4.78 is 25.8. The first-order chi connectivity index (χ1) is 8.58. The van der Waals surface area contributed by atoms with Crippen LogP contribution in [0.5, 0.6) is 0 Å². The zero-order valence-electron chi connectivity index (χ0n) is 10.1. The maximum Gasteiger partial charge on any atom is 0.255 e. The Morgan fingerprint density at radius 2 is 2.44 bits per heavy atom. The van der Waals surface area contributed by atoms with Crippen molar-refractivity contribution in [1.82, 2.24) is 20.4 Å². The van der Waals surface area contributed by atoms with E-state index in [0.717, 1.165) is 5.56 Å². The minimum atomic E-state index is -2.51. The van der Waals surface area contributed by atoms with Gasteiger partial charge in [-0.2, -0.15) is 5.10 Å². The largest absolute Gasteiger partial charge is 0.350 e. The van der Waals surface area contributed by atoms with Crippen LogP contribution in [0.4, 0.5) is 8.78 Å². The van der Waals surface area contributed by atoms with Gasteiger partial charge in [-0.3, -0.25) is 9.48 Å². The zero-order chi connectivity index (χ0) is 13.1. The first kappa shape index (κ1) is 12.9. The van der Waals surface area contributed by atoms with Crippen LogP contribution in [0.3, 0.4) is 0 Å². The lowest BCUT2D eigenvalue weighted by atomic mass is 9.90. The number of amides is 1. The van der Waals surface area contributed by atoms with Crippen LogP contribution in [0.15, 0.2) is 12.4 Å². The van der Waals surface area contributed by atoms with Crippen LogP contribution in [0.25, 0.3) is 0 Å². The number of hydrogen-bond acceptors (Lipinski definition) is 3. The standard InChI is InChI=1S/C11H16F2N4O/c1-17-6-7(2-16-17)8-3-14-4-9(8)11(18)15-5-10(12)13/h2,6,8-10,14H,3-5H2,1H3,(H,15,18)/t8-,9+/m1/s1. The van der Waals surface area contributed by atoms with Crippen molar-refractivity contribution < 1.29 is 13.6 Å². The van der Waals surface area contributed by atoms with Crippen molar-refractivity contribution >= 4 is 5.91 Å². The van der Waals surface area contributed by atoms with Gasteiger partial charge in [0.2, 0.25) is 5.91 Å². The molecule has 0 radical (unpaired) electrons. The predicted molar refractivity (Wildman–Crippen MR) is 61.3 cm³/mol. The van der Waals surface area contributed by atoms with Crippen LogP contribution in [0, 0.1) is 5.92 Å².